The lowest BCUT2D eigenvalue weighted by Crippen LogP contribution is -2.48. The average molecular weight is 467 g/mol. The van der Waals surface area contributed by atoms with Crippen molar-refractivity contribution in [1.82, 2.24) is 4.31 Å². The van der Waals surface area contributed by atoms with Crippen molar-refractivity contribution < 1.29 is 17.9 Å². The molecule has 1 aliphatic heterocycles. The van der Waals surface area contributed by atoms with Gasteiger partial charge < -0.3 is 10.1 Å². The highest BCUT2D eigenvalue weighted by atomic mass is 79.9. The van der Waals surface area contributed by atoms with Crippen molar-refractivity contribution in [3.8, 4) is 0 Å². The maximum Gasteiger partial charge on any atom is 0.255 e. The second kappa shape index (κ2) is 8.32. The third-order valence-corrected chi connectivity index (χ3v) is 7.29. The summed E-state index contributed by atoms with van der Waals surface area (Å²) in [6.07, 6.45) is -0.309. The number of hydrogen-bond acceptors (Lipinski definition) is 4. The summed E-state index contributed by atoms with van der Waals surface area (Å²) in [6, 6.07) is 11.5. The first-order valence-corrected chi connectivity index (χ1v) is 11.2. The van der Waals surface area contributed by atoms with Crippen molar-refractivity contribution in [3.05, 3.63) is 58.1 Å². The topological polar surface area (TPSA) is 75.7 Å². The van der Waals surface area contributed by atoms with Gasteiger partial charge in [-0.05, 0) is 68.8 Å². The van der Waals surface area contributed by atoms with Crippen LogP contribution in [0.5, 0.6) is 0 Å². The van der Waals surface area contributed by atoms with Crippen LogP contribution in [0.4, 0.5) is 5.69 Å². The van der Waals surface area contributed by atoms with Crippen LogP contribution in [0, 0.1) is 6.92 Å². The van der Waals surface area contributed by atoms with Gasteiger partial charge in [-0.1, -0.05) is 15.9 Å². The third kappa shape index (κ3) is 4.63. The lowest BCUT2D eigenvalue weighted by atomic mass is 10.2. The van der Waals surface area contributed by atoms with Crippen molar-refractivity contribution in [1.29, 1.82) is 0 Å². The summed E-state index contributed by atoms with van der Waals surface area (Å²) < 4.78 is 33.8. The van der Waals surface area contributed by atoms with E-state index in [4.69, 9.17) is 4.74 Å². The van der Waals surface area contributed by atoms with Crippen LogP contribution in [0.2, 0.25) is 0 Å². The number of morpholine rings is 1. The van der Waals surface area contributed by atoms with Gasteiger partial charge in [-0.3, -0.25) is 4.79 Å². The summed E-state index contributed by atoms with van der Waals surface area (Å²) in [6.45, 7) is 6.29. The fourth-order valence-corrected chi connectivity index (χ4v) is 5.02. The van der Waals surface area contributed by atoms with Gasteiger partial charge in [0.15, 0.2) is 0 Å². The Morgan fingerprint density at radius 1 is 1.11 bits per heavy atom. The molecule has 2 aromatic carbocycles. The van der Waals surface area contributed by atoms with Gasteiger partial charge >= 0.3 is 0 Å². The lowest BCUT2D eigenvalue weighted by molar-refractivity contribution is -0.0440. The fourth-order valence-electron chi connectivity index (χ4n) is 3.18. The van der Waals surface area contributed by atoms with Crippen LogP contribution in [-0.2, 0) is 14.8 Å². The van der Waals surface area contributed by atoms with Gasteiger partial charge in [0.2, 0.25) is 10.0 Å². The number of nitrogens with zero attached hydrogens (tertiary/aromatic N) is 1. The van der Waals surface area contributed by atoms with E-state index in [1.54, 1.807) is 6.07 Å². The molecule has 1 N–H and O–H groups in total. The van der Waals surface area contributed by atoms with E-state index in [9.17, 15) is 13.2 Å². The number of ether oxygens (including phenoxy) is 1. The molecule has 0 aliphatic carbocycles. The van der Waals surface area contributed by atoms with E-state index in [0.717, 1.165) is 10.0 Å². The smallest absolute Gasteiger partial charge is 0.255 e. The summed E-state index contributed by atoms with van der Waals surface area (Å²) in [5.74, 6) is -0.292. The molecule has 1 fully saturated rings. The zero-order valence-corrected chi connectivity index (χ0v) is 18.4. The fraction of sp³-hybridized carbons (Fsp3) is 0.350. The number of anilines is 1. The van der Waals surface area contributed by atoms with Crippen LogP contribution < -0.4 is 5.32 Å². The van der Waals surface area contributed by atoms with Crippen LogP contribution in [0.1, 0.15) is 29.8 Å². The van der Waals surface area contributed by atoms with E-state index in [1.165, 1.54) is 28.6 Å². The van der Waals surface area contributed by atoms with E-state index in [0.29, 0.717) is 24.3 Å². The van der Waals surface area contributed by atoms with E-state index in [-0.39, 0.29) is 23.0 Å². The van der Waals surface area contributed by atoms with Gasteiger partial charge in [-0.25, -0.2) is 8.42 Å². The molecular weight excluding hydrogens is 444 g/mol. The van der Waals surface area contributed by atoms with Gasteiger partial charge in [0.05, 0.1) is 17.1 Å². The Labute approximate surface area is 174 Å². The van der Waals surface area contributed by atoms with Gasteiger partial charge in [0.25, 0.3) is 5.91 Å². The molecule has 0 aromatic heterocycles. The van der Waals surface area contributed by atoms with Crippen LogP contribution in [-0.4, -0.2) is 43.9 Å². The summed E-state index contributed by atoms with van der Waals surface area (Å²) in [4.78, 5) is 12.6. The number of rotatable bonds is 4. The predicted molar refractivity (Wildman–Crippen MR) is 112 cm³/mol. The van der Waals surface area contributed by atoms with Crippen molar-refractivity contribution in [2.75, 3.05) is 18.4 Å². The molecule has 3 rings (SSSR count). The first-order valence-electron chi connectivity index (χ1n) is 9.00. The molecule has 1 saturated heterocycles. The minimum Gasteiger partial charge on any atom is -0.373 e. The summed E-state index contributed by atoms with van der Waals surface area (Å²) in [5, 5.41) is 2.82. The number of nitrogens with one attached hydrogen (secondary N) is 1. The standard InChI is InChI=1S/C20H23BrN2O4S/c1-13-10-17(6-9-19(13)21)22-20(24)16-4-7-18(8-5-16)28(25,26)23-11-14(2)27-15(3)12-23/h4-10,14-15H,11-12H2,1-3H3,(H,22,24). The molecule has 1 aliphatic rings. The van der Waals surface area contributed by atoms with Gasteiger partial charge in [0.1, 0.15) is 0 Å². The molecule has 0 bridgehead atoms. The Morgan fingerprint density at radius 2 is 1.71 bits per heavy atom. The predicted octanol–water partition coefficient (Wildman–Crippen LogP) is 3.81. The van der Waals surface area contributed by atoms with Gasteiger partial charge in [-0.2, -0.15) is 4.31 Å². The van der Waals surface area contributed by atoms with E-state index in [1.807, 2.05) is 32.9 Å². The molecule has 2 aromatic rings. The van der Waals surface area contributed by atoms with Crippen molar-refractivity contribution in [2.45, 2.75) is 37.9 Å². The van der Waals surface area contributed by atoms with Crippen molar-refractivity contribution >= 4 is 37.5 Å². The van der Waals surface area contributed by atoms with Crippen molar-refractivity contribution in [2.24, 2.45) is 0 Å². The number of aryl methyl sites for hydroxylation is 1. The van der Waals surface area contributed by atoms with Crippen LogP contribution in [0.15, 0.2) is 51.8 Å². The molecule has 1 amide bonds. The molecule has 0 saturated carbocycles. The molecule has 1 heterocycles. The Hall–Kier alpha value is -1.74. The molecule has 150 valence electrons. The van der Waals surface area contributed by atoms with E-state index in [2.05, 4.69) is 21.2 Å². The molecule has 8 heteroatoms. The monoisotopic (exact) mass is 466 g/mol. The molecule has 28 heavy (non-hydrogen) atoms. The highest BCUT2D eigenvalue weighted by Gasteiger charge is 2.32. The zero-order chi connectivity index (χ0) is 20.5. The number of benzene rings is 2. The summed E-state index contributed by atoms with van der Waals surface area (Å²) >= 11 is 3.43. The molecule has 0 radical (unpaired) electrons. The number of carbonyl (C=O) groups is 1. The quantitative estimate of drug-likeness (QED) is 0.742. The number of sulfonamides is 1. The maximum atomic E-state index is 12.9. The zero-order valence-electron chi connectivity index (χ0n) is 16.0. The van der Waals surface area contributed by atoms with Gasteiger partial charge in [0, 0.05) is 28.8 Å². The highest BCUT2D eigenvalue weighted by molar-refractivity contribution is 9.10. The second-order valence-electron chi connectivity index (χ2n) is 7.02. The van der Waals surface area contributed by atoms with Crippen LogP contribution >= 0.6 is 15.9 Å². The maximum absolute atomic E-state index is 12.9. The van der Waals surface area contributed by atoms with Gasteiger partial charge in [-0.15, -0.1) is 0 Å². The Bertz CT molecular complexity index is 966. The number of hydrogen-bond donors (Lipinski definition) is 1. The largest absolute Gasteiger partial charge is 0.373 e. The number of carbonyl (C=O) groups excluding carboxylic acids is 1. The summed E-state index contributed by atoms with van der Waals surface area (Å²) in [5.41, 5.74) is 2.08. The average Bonchev–Trinajstić information content (AvgIpc) is 2.64. The second-order valence-corrected chi connectivity index (χ2v) is 9.81. The van der Waals surface area contributed by atoms with Crippen LogP contribution in [0.25, 0.3) is 0 Å². The first-order chi connectivity index (χ1) is 13.2. The Balaban J connectivity index is 1.75. The van der Waals surface area contributed by atoms with E-state index < -0.39 is 10.0 Å². The normalized spacial score (nSPS) is 20.7. The Kier molecular flexibility index (Phi) is 6.24. The SMILES string of the molecule is Cc1cc(NC(=O)c2ccc(S(=O)(=O)N3CC(C)OC(C)C3)cc2)ccc1Br. The lowest BCUT2D eigenvalue weighted by Gasteiger charge is -2.34. The number of halogens is 1. The molecule has 0 spiro atoms. The van der Waals surface area contributed by atoms with Crippen LogP contribution in [0.3, 0.4) is 0 Å². The molecule has 6 nitrogen and oxygen atoms in total. The summed E-state index contributed by atoms with van der Waals surface area (Å²) in [7, 11) is -3.62. The van der Waals surface area contributed by atoms with Crippen molar-refractivity contribution in [3.63, 3.8) is 0 Å². The number of amides is 1. The van der Waals surface area contributed by atoms with E-state index >= 15 is 0 Å². The highest BCUT2D eigenvalue weighted by Crippen LogP contribution is 2.23. The minimum absolute atomic E-state index is 0.155. The molecule has 2 unspecified atom stereocenters. The molecule has 2 atom stereocenters. The first kappa shape index (κ1) is 21.0. The Morgan fingerprint density at radius 3 is 2.29 bits per heavy atom. The molecular formula is C20H23BrN2O4S. The minimum atomic E-state index is -3.62. The third-order valence-electron chi connectivity index (χ3n) is 4.56.